The molecule has 1 amide bonds. The zero-order valence-electron chi connectivity index (χ0n) is 18.1. The number of nitrogens with two attached hydrogens (primary N) is 1. The summed E-state index contributed by atoms with van der Waals surface area (Å²) in [7, 11) is 0. The lowest BCUT2D eigenvalue weighted by Gasteiger charge is -2.14. The van der Waals surface area contributed by atoms with Gasteiger partial charge in [0.15, 0.2) is 6.10 Å². The summed E-state index contributed by atoms with van der Waals surface area (Å²) in [5, 5.41) is 15.0. The van der Waals surface area contributed by atoms with Crippen molar-refractivity contribution in [3.63, 3.8) is 0 Å². The molecule has 1 aliphatic rings. The zero-order valence-corrected chi connectivity index (χ0v) is 18.1. The molecule has 1 saturated heterocycles. The summed E-state index contributed by atoms with van der Waals surface area (Å²) >= 11 is 0. The van der Waals surface area contributed by atoms with Crippen LogP contribution < -0.4 is 15.4 Å². The van der Waals surface area contributed by atoms with Crippen LogP contribution >= 0.6 is 0 Å². The van der Waals surface area contributed by atoms with E-state index in [2.05, 4.69) is 0 Å². The Kier molecular flexibility index (Phi) is 7.64. The molecular weight excluding hydrogens is 422 g/mol. The number of ether oxygens (including phenoxy) is 2. The highest BCUT2D eigenvalue weighted by atomic mass is 16.6. The molecule has 0 aromatic heterocycles. The van der Waals surface area contributed by atoms with Crippen LogP contribution in [0.2, 0.25) is 0 Å². The number of hydrogen-bond acceptors (Lipinski definition) is 5. The molecule has 0 radical (unpaired) electrons. The van der Waals surface area contributed by atoms with Gasteiger partial charge in [-0.3, -0.25) is 15.1 Å². The van der Waals surface area contributed by atoms with Gasteiger partial charge in [-0.1, -0.05) is 54.6 Å². The number of nitrogens with zero attached hydrogens (tertiary/aromatic N) is 1. The number of carboxylic acids is 1. The van der Waals surface area contributed by atoms with Crippen molar-refractivity contribution >= 4 is 23.6 Å². The maximum absolute atomic E-state index is 12.3. The fraction of sp³-hybridized carbons (Fsp3) is 0.160. The van der Waals surface area contributed by atoms with Crippen LogP contribution in [0.5, 0.6) is 5.75 Å². The van der Waals surface area contributed by atoms with E-state index in [9.17, 15) is 4.79 Å². The summed E-state index contributed by atoms with van der Waals surface area (Å²) in [6.45, 7) is 1.71. The number of nitrogen functional groups attached to an aromatic ring is 1. The van der Waals surface area contributed by atoms with E-state index in [0.717, 1.165) is 23.8 Å². The largest absolute Gasteiger partial charge is 0.490 e. The Balaban J connectivity index is 0.000000709. The van der Waals surface area contributed by atoms with Gasteiger partial charge in [0, 0.05) is 18.2 Å². The standard InChI is InChI=1S/C23H21N3O3.C2H4O2/c24-22(25)18-9-4-10-19(12-18)26-14-21(29-23(26)27)15-28-20-11-5-8-17(13-20)16-6-2-1-3-7-16;1-2(3)4/h1-13,21H,14-15H2,(H3,24,25);1H3,(H,3,4). The second kappa shape index (κ2) is 10.8. The third-order valence-corrected chi connectivity index (χ3v) is 4.72. The van der Waals surface area contributed by atoms with Gasteiger partial charge in [0.05, 0.1) is 6.54 Å². The van der Waals surface area contributed by atoms with Gasteiger partial charge in [0.1, 0.15) is 18.2 Å². The first-order valence-electron chi connectivity index (χ1n) is 10.2. The minimum absolute atomic E-state index is 0.0439. The Hall–Kier alpha value is -4.33. The number of cyclic esters (lactones) is 1. The van der Waals surface area contributed by atoms with Crippen LogP contribution in [0.25, 0.3) is 11.1 Å². The third kappa shape index (κ3) is 6.57. The molecule has 3 aromatic rings. The van der Waals surface area contributed by atoms with Crippen LogP contribution in [0.3, 0.4) is 0 Å². The molecule has 1 aliphatic heterocycles. The second-order valence-corrected chi connectivity index (χ2v) is 7.30. The molecule has 0 bridgehead atoms. The number of aliphatic carboxylic acids is 1. The quantitative estimate of drug-likeness (QED) is 0.385. The van der Waals surface area contributed by atoms with Crippen molar-refractivity contribution in [3.05, 3.63) is 84.4 Å². The maximum atomic E-state index is 12.3. The van der Waals surface area contributed by atoms with E-state index >= 15 is 0 Å². The molecule has 1 fully saturated rings. The molecule has 0 spiro atoms. The van der Waals surface area contributed by atoms with Crippen LogP contribution in [0.4, 0.5) is 10.5 Å². The molecule has 1 atom stereocenters. The molecule has 0 saturated carbocycles. The average molecular weight is 447 g/mol. The summed E-state index contributed by atoms with van der Waals surface area (Å²) in [5.74, 6) is -0.156. The second-order valence-electron chi connectivity index (χ2n) is 7.30. The number of rotatable bonds is 6. The molecule has 33 heavy (non-hydrogen) atoms. The molecular formula is C25H25N3O5. The lowest BCUT2D eigenvalue weighted by atomic mass is 10.1. The van der Waals surface area contributed by atoms with Crippen molar-refractivity contribution in [1.82, 2.24) is 0 Å². The Morgan fingerprint density at radius 1 is 1.09 bits per heavy atom. The van der Waals surface area contributed by atoms with Crippen LogP contribution in [-0.2, 0) is 9.53 Å². The van der Waals surface area contributed by atoms with Gasteiger partial charge in [0.25, 0.3) is 5.97 Å². The number of amidine groups is 1. The summed E-state index contributed by atoms with van der Waals surface area (Å²) in [5.41, 5.74) is 8.93. The highest BCUT2D eigenvalue weighted by Crippen LogP contribution is 2.26. The third-order valence-electron chi connectivity index (χ3n) is 4.72. The number of carboxylic acid groups (broad SMARTS) is 1. The molecule has 4 rings (SSSR count). The summed E-state index contributed by atoms with van der Waals surface area (Å²) in [4.78, 5) is 22.8. The normalized spacial score (nSPS) is 14.6. The van der Waals surface area contributed by atoms with Crippen molar-refractivity contribution in [1.29, 1.82) is 5.41 Å². The van der Waals surface area contributed by atoms with Gasteiger partial charge < -0.3 is 20.3 Å². The molecule has 4 N–H and O–H groups in total. The van der Waals surface area contributed by atoms with Gasteiger partial charge in [0.2, 0.25) is 0 Å². The van der Waals surface area contributed by atoms with E-state index < -0.39 is 12.1 Å². The number of benzene rings is 3. The average Bonchev–Trinajstić information content (AvgIpc) is 3.19. The number of amides is 1. The van der Waals surface area contributed by atoms with Crippen LogP contribution in [0.15, 0.2) is 78.9 Å². The Morgan fingerprint density at radius 2 is 1.76 bits per heavy atom. The first-order valence-corrected chi connectivity index (χ1v) is 10.2. The van der Waals surface area contributed by atoms with Gasteiger partial charge in [-0.15, -0.1) is 0 Å². The van der Waals surface area contributed by atoms with Crippen molar-refractivity contribution in [2.75, 3.05) is 18.1 Å². The molecule has 1 heterocycles. The summed E-state index contributed by atoms with van der Waals surface area (Å²) < 4.78 is 11.3. The minimum atomic E-state index is -0.833. The molecule has 170 valence electrons. The molecule has 1 unspecified atom stereocenters. The van der Waals surface area contributed by atoms with Crippen molar-refractivity contribution in [2.45, 2.75) is 13.0 Å². The number of nitrogens with one attached hydrogen (secondary N) is 1. The highest BCUT2D eigenvalue weighted by Gasteiger charge is 2.33. The Labute approximate surface area is 191 Å². The van der Waals surface area contributed by atoms with E-state index in [4.69, 9.17) is 30.5 Å². The topological polar surface area (TPSA) is 126 Å². The molecule has 3 aromatic carbocycles. The van der Waals surface area contributed by atoms with Crippen LogP contribution in [-0.4, -0.2) is 42.3 Å². The van der Waals surface area contributed by atoms with E-state index in [1.165, 1.54) is 4.90 Å². The monoisotopic (exact) mass is 447 g/mol. The number of carbonyl (C=O) groups excluding carboxylic acids is 1. The maximum Gasteiger partial charge on any atom is 0.414 e. The first kappa shape index (κ1) is 23.3. The predicted molar refractivity (Wildman–Crippen MR) is 126 cm³/mol. The van der Waals surface area contributed by atoms with Crippen molar-refractivity contribution < 1.29 is 24.2 Å². The van der Waals surface area contributed by atoms with Crippen molar-refractivity contribution in [2.24, 2.45) is 5.73 Å². The zero-order chi connectivity index (χ0) is 23.8. The fourth-order valence-corrected chi connectivity index (χ4v) is 3.25. The van der Waals surface area contributed by atoms with Gasteiger partial charge in [-0.05, 0) is 35.4 Å². The van der Waals surface area contributed by atoms with Crippen LogP contribution in [0.1, 0.15) is 12.5 Å². The number of anilines is 1. The Bertz CT molecular complexity index is 1130. The molecule has 0 aliphatic carbocycles. The van der Waals surface area contributed by atoms with Crippen molar-refractivity contribution in [3.8, 4) is 16.9 Å². The Morgan fingerprint density at radius 3 is 2.45 bits per heavy atom. The number of hydrogen-bond donors (Lipinski definition) is 3. The number of carbonyl (C=O) groups is 2. The molecule has 8 heteroatoms. The van der Waals surface area contributed by atoms with Gasteiger partial charge in [-0.2, -0.15) is 0 Å². The minimum Gasteiger partial charge on any atom is -0.490 e. The summed E-state index contributed by atoms with van der Waals surface area (Å²) in [6, 6.07) is 24.9. The lowest BCUT2D eigenvalue weighted by Crippen LogP contribution is -2.27. The highest BCUT2D eigenvalue weighted by molar-refractivity contribution is 5.97. The van der Waals surface area contributed by atoms with E-state index in [1.54, 1.807) is 24.3 Å². The van der Waals surface area contributed by atoms with E-state index in [-0.39, 0.29) is 18.5 Å². The van der Waals surface area contributed by atoms with Gasteiger partial charge >= 0.3 is 6.09 Å². The van der Waals surface area contributed by atoms with Gasteiger partial charge in [-0.25, -0.2) is 4.79 Å². The summed E-state index contributed by atoms with van der Waals surface area (Å²) in [6.07, 6.45) is -0.818. The predicted octanol–water partition coefficient (Wildman–Crippen LogP) is 4.13. The van der Waals surface area contributed by atoms with E-state index in [1.807, 2.05) is 54.6 Å². The molecule has 8 nitrogen and oxygen atoms in total. The fourth-order valence-electron chi connectivity index (χ4n) is 3.25. The smallest absolute Gasteiger partial charge is 0.414 e. The van der Waals surface area contributed by atoms with E-state index in [0.29, 0.717) is 17.8 Å². The lowest BCUT2D eigenvalue weighted by molar-refractivity contribution is -0.134. The SMILES string of the molecule is CC(=O)O.N=C(N)c1cccc(N2CC(COc3cccc(-c4ccccc4)c3)OC2=O)c1. The van der Waals surface area contributed by atoms with Crippen LogP contribution in [0, 0.1) is 5.41 Å². The first-order chi connectivity index (χ1) is 15.8.